The van der Waals surface area contributed by atoms with Crippen molar-refractivity contribution in [2.75, 3.05) is 20.1 Å². The zero-order valence-corrected chi connectivity index (χ0v) is 12.6. The van der Waals surface area contributed by atoms with E-state index in [0.717, 1.165) is 19.0 Å². The van der Waals surface area contributed by atoms with Gasteiger partial charge in [-0.25, -0.2) is 0 Å². The molecule has 0 spiro atoms. The van der Waals surface area contributed by atoms with Gasteiger partial charge in [-0.2, -0.15) is 0 Å². The lowest BCUT2D eigenvalue weighted by Gasteiger charge is -2.22. The second-order valence-corrected chi connectivity index (χ2v) is 5.76. The summed E-state index contributed by atoms with van der Waals surface area (Å²) >= 11 is 0. The van der Waals surface area contributed by atoms with Crippen LogP contribution in [0.4, 0.5) is 0 Å². The van der Waals surface area contributed by atoms with Gasteiger partial charge in [0.1, 0.15) is 0 Å². The van der Waals surface area contributed by atoms with E-state index in [9.17, 15) is 0 Å². The highest BCUT2D eigenvalue weighted by Crippen LogP contribution is 2.22. The summed E-state index contributed by atoms with van der Waals surface area (Å²) in [6.45, 7) is 2.11. The van der Waals surface area contributed by atoms with E-state index in [-0.39, 0.29) is 0 Å². The molecule has 0 bridgehead atoms. The molecule has 1 unspecified atom stereocenters. The molecule has 1 atom stereocenters. The molecule has 1 aliphatic rings. The van der Waals surface area contributed by atoms with Gasteiger partial charge in [-0.05, 0) is 37.2 Å². The van der Waals surface area contributed by atoms with Crippen molar-refractivity contribution in [1.82, 2.24) is 4.90 Å². The first-order valence-corrected chi connectivity index (χ1v) is 7.80. The lowest BCUT2D eigenvalue weighted by Crippen LogP contribution is -2.38. The highest BCUT2D eigenvalue weighted by molar-refractivity contribution is 5.77. The van der Waals surface area contributed by atoms with Crippen LogP contribution in [0.25, 0.3) is 0 Å². The molecule has 1 saturated heterocycles. The smallest absolute Gasteiger partial charge is 0.190 e. The topological polar surface area (TPSA) is 41.6 Å². The molecule has 3 heteroatoms. The van der Waals surface area contributed by atoms with Gasteiger partial charge >= 0.3 is 0 Å². The Kier molecular flexibility index (Phi) is 5.90. The Hall–Kier alpha value is -1.51. The standard InChI is InChI=1S/C17H27N3/c1-19-17(18)20-12-6-5-10-16(11-7-13-20)14-15-8-3-2-4-9-15/h2-4,8-9,16H,5-7,10-14H2,1H3,(H2,18,19). The molecule has 3 nitrogen and oxygen atoms in total. The summed E-state index contributed by atoms with van der Waals surface area (Å²) in [7, 11) is 1.78. The van der Waals surface area contributed by atoms with Gasteiger partial charge in [0.25, 0.3) is 0 Å². The summed E-state index contributed by atoms with van der Waals surface area (Å²) in [6, 6.07) is 10.9. The molecule has 0 saturated carbocycles. The van der Waals surface area contributed by atoms with Gasteiger partial charge in [0.15, 0.2) is 5.96 Å². The summed E-state index contributed by atoms with van der Waals surface area (Å²) in [5.74, 6) is 1.52. The second-order valence-electron chi connectivity index (χ2n) is 5.76. The third-order valence-corrected chi connectivity index (χ3v) is 4.25. The van der Waals surface area contributed by atoms with Gasteiger partial charge in [0.05, 0.1) is 0 Å². The molecule has 2 N–H and O–H groups in total. The minimum Gasteiger partial charge on any atom is -0.370 e. The van der Waals surface area contributed by atoms with Crippen molar-refractivity contribution in [2.45, 2.75) is 38.5 Å². The molecule has 1 heterocycles. The molecule has 0 aliphatic carbocycles. The molecular weight excluding hydrogens is 246 g/mol. The van der Waals surface area contributed by atoms with Crippen molar-refractivity contribution < 1.29 is 0 Å². The molecule has 0 amide bonds. The Morgan fingerprint density at radius 1 is 1.15 bits per heavy atom. The summed E-state index contributed by atoms with van der Waals surface area (Å²) < 4.78 is 0. The Bertz CT molecular complexity index is 414. The van der Waals surface area contributed by atoms with Crippen LogP contribution in [0, 0.1) is 5.92 Å². The Morgan fingerprint density at radius 2 is 1.85 bits per heavy atom. The van der Waals surface area contributed by atoms with Crippen LogP contribution in [-0.2, 0) is 6.42 Å². The molecule has 1 aromatic carbocycles. The van der Waals surface area contributed by atoms with Crippen LogP contribution in [0.15, 0.2) is 35.3 Å². The maximum atomic E-state index is 5.95. The van der Waals surface area contributed by atoms with Gasteiger partial charge in [-0.3, -0.25) is 4.99 Å². The molecule has 2 rings (SSSR count). The normalized spacial score (nSPS) is 21.9. The minimum atomic E-state index is 0.700. The lowest BCUT2D eigenvalue weighted by atomic mass is 9.90. The molecule has 1 aliphatic heterocycles. The van der Waals surface area contributed by atoms with E-state index < -0.39 is 0 Å². The summed E-state index contributed by atoms with van der Waals surface area (Å²) in [5.41, 5.74) is 7.43. The van der Waals surface area contributed by atoms with E-state index in [1.165, 1.54) is 44.1 Å². The largest absolute Gasteiger partial charge is 0.370 e. The zero-order chi connectivity index (χ0) is 14.2. The monoisotopic (exact) mass is 273 g/mol. The summed E-state index contributed by atoms with van der Waals surface area (Å²) in [6.07, 6.45) is 7.59. The maximum absolute atomic E-state index is 5.95. The number of rotatable bonds is 2. The van der Waals surface area contributed by atoms with Crippen LogP contribution in [0.5, 0.6) is 0 Å². The van der Waals surface area contributed by atoms with Crippen LogP contribution in [0.1, 0.15) is 37.7 Å². The molecule has 20 heavy (non-hydrogen) atoms. The zero-order valence-electron chi connectivity index (χ0n) is 12.6. The number of hydrogen-bond acceptors (Lipinski definition) is 1. The highest BCUT2D eigenvalue weighted by Gasteiger charge is 2.15. The van der Waals surface area contributed by atoms with E-state index in [0.29, 0.717) is 5.96 Å². The minimum absolute atomic E-state index is 0.700. The van der Waals surface area contributed by atoms with Crippen molar-refractivity contribution in [3.8, 4) is 0 Å². The van der Waals surface area contributed by atoms with Gasteiger partial charge < -0.3 is 10.6 Å². The van der Waals surface area contributed by atoms with Crippen LogP contribution >= 0.6 is 0 Å². The van der Waals surface area contributed by atoms with E-state index >= 15 is 0 Å². The van der Waals surface area contributed by atoms with Gasteiger partial charge in [-0.15, -0.1) is 0 Å². The summed E-state index contributed by atoms with van der Waals surface area (Å²) in [5, 5.41) is 0. The highest BCUT2D eigenvalue weighted by atomic mass is 15.2. The number of nitrogens with two attached hydrogens (primary N) is 1. The predicted octanol–water partition coefficient (Wildman–Crippen LogP) is 3.06. The summed E-state index contributed by atoms with van der Waals surface area (Å²) in [4.78, 5) is 6.36. The van der Waals surface area contributed by atoms with Crippen LogP contribution in [-0.4, -0.2) is 31.0 Å². The fourth-order valence-electron chi connectivity index (χ4n) is 3.08. The molecule has 0 aromatic heterocycles. The predicted molar refractivity (Wildman–Crippen MR) is 85.8 cm³/mol. The third-order valence-electron chi connectivity index (χ3n) is 4.25. The van der Waals surface area contributed by atoms with Gasteiger partial charge in [0.2, 0.25) is 0 Å². The average molecular weight is 273 g/mol. The van der Waals surface area contributed by atoms with E-state index in [1.807, 2.05) is 0 Å². The number of guanidine groups is 1. The Morgan fingerprint density at radius 3 is 2.60 bits per heavy atom. The fraction of sp³-hybridized carbons (Fsp3) is 0.588. The second kappa shape index (κ2) is 7.93. The fourth-order valence-corrected chi connectivity index (χ4v) is 3.08. The van der Waals surface area contributed by atoms with E-state index in [4.69, 9.17) is 5.73 Å². The molecule has 110 valence electrons. The number of hydrogen-bond donors (Lipinski definition) is 1. The van der Waals surface area contributed by atoms with Crippen molar-refractivity contribution >= 4 is 5.96 Å². The first-order valence-electron chi connectivity index (χ1n) is 7.80. The van der Waals surface area contributed by atoms with Crippen LogP contribution in [0.3, 0.4) is 0 Å². The first kappa shape index (κ1) is 14.9. The Labute approximate surface area is 122 Å². The van der Waals surface area contributed by atoms with Gasteiger partial charge in [0, 0.05) is 20.1 Å². The van der Waals surface area contributed by atoms with Crippen molar-refractivity contribution in [1.29, 1.82) is 0 Å². The van der Waals surface area contributed by atoms with Crippen molar-refractivity contribution in [3.05, 3.63) is 35.9 Å². The Balaban J connectivity index is 1.88. The third kappa shape index (κ3) is 4.55. The van der Waals surface area contributed by atoms with Crippen LogP contribution < -0.4 is 5.73 Å². The SMILES string of the molecule is CN=C(N)N1CCCCC(Cc2ccccc2)CCC1. The number of nitrogens with zero attached hydrogens (tertiary/aromatic N) is 2. The number of benzene rings is 1. The van der Waals surface area contributed by atoms with Crippen LogP contribution in [0.2, 0.25) is 0 Å². The number of aliphatic imine (C=N–C) groups is 1. The van der Waals surface area contributed by atoms with E-state index in [1.54, 1.807) is 7.05 Å². The average Bonchev–Trinajstić information content (AvgIpc) is 2.60. The molecule has 1 aromatic rings. The molecule has 1 fully saturated rings. The quantitative estimate of drug-likeness (QED) is 0.664. The lowest BCUT2D eigenvalue weighted by molar-refractivity contribution is 0.392. The first-order chi connectivity index (χ1) is 9.79. The maximum Gasteiger partial charge on any atom is 0.190 e. The molecular formula is C17H27N3. The van der Waals surface area contributed by atoms with Crippen molar-refractivity contribution in [2.24, 2.45) is 16.6 Å². The van der Waals surface area contributed by atoms with E-state index in [2.05, 4.69) is 40.2 Å². The van der Waals surface area contributed by atoms with Crippen molar-refractivity contribution in [3.63, 3.8) is 0 Å². The van der Waals surface area contributed by atoms with Gasteiger partial charge in [-0.1, -0.05) is 43.2 Å². The molecule has 0 radical (unpaired) electrons.